The molecule has 7 heteroatoms. The highest BCUT2D eigenvalue weighted by Gasteiger charge is 2.18. The molecule has 0 bridgehead atoms. The first-order valence-corrected chi connectivity index (χ1v) is 6.95. The van der Waals surface area contributed by atoms with Crippen molar-refractivity contribution >= 4 is 17.7 Å². The molecule has 0 radical (unpaired) electrons. The first-order chi connectivity index (χ1) is 11.5. The van der Waals surface area contributed by atoms with Gasteiger partial charge >= 0.3 is 5.97 Å². The quantitative estimate of drug-likeness (QED) is 0.475. The lowest BCUT2D eigenvalue weighted by Crippen LogP contribution is -2.00. The highest BCUT2D eigenvalue weighted by molar-refractivity contribution is 5.86. The van der Waals surface area contributed by atoms with Gasteiger partial charge < -0.3 is 14.6 Å². The fraction of sp³-hybridized carbons (Fsp3) is 0.118. The number of nitro benzene ring substituents is 1. The fourth-order valence-electron chi connectivity index (χ4n) is 2.03. The Morgan fingerprint density at radius 3 is 2.54 bits per heavy atom. The number of nitro groups is 1. The Hall–Kier alpha value is -3.35. The molecule has 24 heavy (non-hydrogen) atoms. The topological polar surface area (TPSA) is 98.9 Å². The normalized spacial score (nSPS) is 10.5. The van der Waals surface area contributed by atoms with Crippen LogP contribution in [0.3, 0.4) is 0 Å². The first kappa shape index (κ1) is 17.0. The van der Waals surface area contributed by atoms with E-state index >= 15 is 0 Å². The van der Waals surface area contributed by atoms with Gasteiger partial charge in [-0.1, -0.05) is 30.3 Å². The van der Waals surface area contributed by atoms with Crippen LogP contribution in [0.25, 0.3) is 6.08 Å². The maximum Gasteiger partial charge on any atom is 0.328 e. The number of carboxylic acids is 1. The van der Waals surface area contributed by atoms with Crippen LogP contribution in [0.2, 0.25) is 0 Å². The summed E-state index contributed by atoms with van der Waals surface area (Å²) in [4.78, 5) is 21.2. The van der Waals surface area contributed by atoms with Crippen LogP contribution in [-0.2, 0) is 11.4 Å². The summed E-state index contributed by atoms with van der Waals surface area (Å²) in [5.74, 6) is -0.713. The predicted molar refractivity (Wildman–Crippen MR) is 87.1 cm³/mol. The van der Waals surface area contributed by atoms with E-state index in [1.807, 2.05) is 30.3 Å². The van der Waals surface area contributed by atoms with Gasteiger partial charge in [-0.3, -0.25) is 10.1 Å². The molecule has 0 unspecified atom stereocenters. The van der Waals surface area contributed by atoms with Crippen LogP contribution in [0.4, 0.5) is 5.69 Å². The van der Waals surface area contributed by atoms with E-state index in [4.69, 9.17) is 14.6 Å². The maximum atomic E-state index is 11.2. The lowest BCUT2D eigenvalue weighted by Gasteiger charge is -2.12. The second-order valence-corrected chi connectivity index (χ2v) is 4.76. The van der Waals surface area contributed by atoms with E-state index in [1.54, 1.807) is 0 Å². The third kappa shape index (κ3) is 4.33. The molecule has 124 valence electrons. The first-order valence-electron chi connectivity index (χ1n) is 6.95. The van der Waals surface area contributed by atoms with Gasteiger partial charge in [0, 0.05) is 6.08 Å². The van der Waals surface area contributed by atoms with E-state index in [0.29, 0.717) is 0 Å². The average Bonchev–Trinajstić information content (AvgIpc) is 2.58. The summed E-state index contributed by atoms with van der Waals surface area (Å²) in [6.07, 6.45) is 1.97. The van der Waals surface area contributed by atoms with Crippen LogP contribution in [-0.4, -0.2) is 23.1 Å². The molecule has 0 aliphatic heterocycles. The minimum atomic E-state index is -1.20. The van der Waals surface area contributed by atoms with Gasteiger partial charge in [-0.2, -0.15) is 0 Å². The molecule has 0 amide bonds. The number of aliphatic carboxylic acids is 1. The largest absolute Gasteiger partial charge is 0.493 e. The summed E-state index contributed by atoms with van der Waals surface area (Å²) in [7, 11) is 1.40. The number of nitrogens with zero attached hydrogens (tertiary/aromatic N) is 1. The van der Waals surface area contributed by atoms with Gasteiger partial charge in [0.25, 0.3) is 5.69 Å². The summed E-state index contributed by atoms with van der Waals surface area (Å²) < 4.78 is 10.8. The van der Waals surface area contributed by atoms with Crippen LogP contribution in [0.1, 0.15) is 11.1 Å². The molecule has 0 spiro atoms. The molecule has 2 aromatic rings. The van der Waals surface area contributed by atoms with Crippen molar-refractivity contribution in [1.29, 1.82) is 0 Å². The van der Waals surface area contributed by atoms with Gasteiger partial charge in [-0.15, -0.1) is 0 Å². The number of methoxy groups -OCH3 is 1. The van der Waals surface area contributed by atoms with Crippen LogP contribution >= 0.6 is 0 Å². The Kier molecular flexibility index (Phi) is 5.51. The maximum absolute atomic E-state index is 11.2. The number of rotatable bonds is 7. The van der Waals surface area contributed by atoms with Crippen molar-refractivity contribution in [2.75, 3.05) is 7.11 Å². The van der Waals surface area contributed by atoms with Gasteiger partial charge in [0.15, 0.2) is 11.5 Å². The highest BCUT2D eigenvalue weighted by atomic mass is 16.6. The van der Waals surface area contributed by atoms with Gasteiger partial charge in [-0.25, -0.2) is 4.79 Å². The molecule has 0 atom stereocenters. The van der Waals surface area contributed by atoms with Crippen LogP contribution in [0.15, 0.2) is 48.5 Å². The summed E-state index contributed by atoms with van der Waals surface area (Å²) in [6.45, 7) is 0.221. The van der Waals surface area contributed by atoms with Gasteiger partial charge in [0.1, 0.15) is 6.61 Å². The summed E-state index contributed by atoms with van der Waals surface area (Å²) in [5.41, 5.74) is 0.750. The Labute approximate surface area is 137 Å². The Morgan fingerprint density at radius 1 is 1.25 bits per heavy atom. The molecular weight excluding hydrogens is 314 g/mol. The molecule has 0 saturated carbocycles. The molecule has 0 heterocycles. The minimum absolute atomic E-state index is 0.117. The van der Waals surface area contributed by atoms with Crippen LogP contribution in [0.5, 0.6) is 11.5 Å². The summed E-state index contributed by atoms with van der Waals surface area (Å²) in [6, 6.07) is 11.9. The van der Waals surface area contributed by atoms with Crippen molar-refractivity contribution in [3.05, 3.63) is 69.8 Å². The van der Waals surface area contributed by atoms with Gasteiger partial charge in [0.2, 0.25) is 0 Å². The third-order valence-electron chi connectivity index (χ3n) is 3.15. The zero-order valence-electron chi connectivity index (χ0n) is 12.8. The Bertz CT molecular complexity index is 770. The Balaban J connectivity index is 2.35. The standard InChI is InChI=1S/C17H15NO6/c1-23-15-9-13(7-8-17(19)20)14(18(21)22)10-16(15)24-11-12-5-3-2-4-6-12/h2-10H,11H2,1H3,(H,19,20). The van der Waals surface area contributed by atoms with Crippen LogP contribution < -0.4 is 9.47 Å². The van der Waals surface area contributed by atoms with Crippen molar-refractivity contribution < 1.29 is 24.3 Å². The van der Waals surface area contributed by atoms with Crippen molar-refractivity contribution in [3.63, 3.8) is 0 Å². The number of ether oxygens (including phenoxy) is 2. The second kappa shape index (κ2) is 7.77. The number of hydrogen-bond acceptors (Lipinski definition) is 5. The van der Waals surface area contributed by atoms with Crippen molar-refractivity contribution in [3.8, 4) is 11.5 Å². The minimum Gasteiger partial charge on any atom is -0.493 e. The Morgan fingerprint density at radius 2 is 1.96 bits per heavy atom. The zero-order valence-corrected chi connectivity index (χ0v) is 12.8. The van der Waals surface area contributed by atoms with E-state index in [-0.39, 0.29) is 29.4 Å². The molecule has 2 rings (SSSR count). The predicted octanol–water partition coefficient (Wildman–Crippen LogP) is 3.28. The SMILES string of the molecule is COc1cc(C=CC(=O)O)c([N+](=O)[O-])cc1OCc1ccccc1. The van der Waals surface area contributed by atoms with Gasteiger partial charge in [0.05, 0.1) is 23.7 Å². The van der Waals surface area contributed by atoms with E-state index in [1.165, 1.54) is 19.2 Å². The van der Waals surface area contributed by atoms with Gasteiger partial charge in [-0.05, 0) is 17.7 Å². The third-order valence-corrected chi connectivity index (χ3v) is 3.15. The van der Waals surface area contributed by atoms with Crippen molar-refractivity contribution in [2.24, 2.45) is 0 Å². The fourth-order valence-corrected chi connectivity index (χ4v) is 2.03. The van der Waals surface area contributed by atoms with E-state index in [0.717, 1.165) is 17.7 Å². The molecule has 2 aromatic carbocycles. The lowest BCUT2D eigenvalue weighted by molar-refractivity contribution is -0.385. The molecule has 0 aromatic heterocycles. The summed E-state index contributed by atoms with van der Waals surface area (Å²) in [5, 5.41) is 19.9. The zero-order chi connectivity index (χ0) is 17.5. The molecule has 0 saturated heterocycles. The lowest BCUT2D eigenvalue weighted by atomic mass is 10.1. The van der Waals surface area contributed by atoms with Crippen molar-refractivity contribution in [1.82, 2.24) is 0 Å². The molecule has 1 N–H and O–H groups in total. The van der Waals surface area contributed by atoms with E-state index in [2.05, 4.69) is 0 Å². The number of benzene rings is 2. The smallest absolute Gasteiger partial charge is 0.328 e. The van der Waals surface area contributed by atoms with Crippen LogP contribution in [0, 0.1) is 10.1 Å². The van der Waals surface area contributed by atoms with Crippen molar-refractivity contribution in [2.45, 2.75) is 6.61 Å². The highest BCUT2D eigenvalue weighted by Crippen LogP contribution is 2.35. The second-order valence-electron chi connectivity index (χ2n) is 4.76. The molecule has 0 aliphatic rings. The van der Waals surface area contributed by atoms with E-state index < -0.39 is 10.9 Å². The molecule has 0 aliphatic carbocycles. The summed E-state index contributed by atoms with van der Waals surface area (Å²) >= 11 is 0. The average molecular weight is 329 g/mol. The monoisotopic (exact) mass is 329 g/mol. The molecular formula is C17H15NO6. The van der Waals surface area contributed by atoms with E-state index in [9.17, 15) is 14.9 Å². The molecule has 7 nitrogen and oxygen atoms in total. The number of carboxylic acid groups (broad SMARTS) is 1. The number of hydrogen-bond donors (Lipinski definition) is 1. The number of carbonyl (C=O) groups is 1. The molecule has 0 fully saturated rings.